The highest BCUT2D eigenvalue weighted by molar-refractivity contribution is 6.00. The molecule has 3 rings (SSSR count). The van der Waals surface area contributed by atoms with Crippen LogP contribution in [0.15, 0.2) is 54.6 Å². The summed E-state index contributed by atoms with van der Waals surface area (Å²) in [6.45, 7) is 4.87. The maximum Gasteiger partial charge on any atom is 0.228 e. The van der Waals surface area contributed by atoms with Gasteiger partial charge in [-0.2, -0.15) is 5.26 Å². The zero-order chi connectivity index (χ0) is 19.4. The fourth-order valence-electron chi connectivity index (χ4n) is 3.40. The smallest absolute Gasteiger partial charge is 0.228 e. The maximum atomic E-state index is 13.1. The van der Waals surface area contributed by atoms with Gasteiger partial charge in [0.1, 0.15) is 0 Å². The molecule has 0 spiro atoms. The molecule has 1 heterocycles. The second kappa shape index (κ2) is 8.05. The first-order valence-electron chi connectivity index (χ1n) is 9.14. The third kappa shape index (κ3) is 4.17. The second-order valence-electron chi connectivity index (χ2n) is 7.11. The van der Waals surface area contributed by atoms with E-state index in [-0.39, 0.29) is 30.2 Å². The van der Waals surface area contributed by atoms with Gasteiger partial charge in [-0.3, -0.25) is 9.59 Å². The molecule has 0 bridgehead atoms. The molecular formula is C22H23N3O2. The van der Waals surface area contributed by atoms with E-state index < -0.39 is 0 Å². The summed E-state index contributed by atoms with van der Waals surface area (Å²) >= 11 is 0. The summed E-state index contributed by atoms with van der Waals surface area (Å²) in [7, 11) is 0. The average molecular weight is 361 g/mol. The zero-order valence-corrected chi connectivity index (χ0v) is 15.6. The van der Waals surface area contributed by atoms with Gasteiger partial charge in [0.05, 0.1) is 17.6 Å². The Kier molecular flexibility index (Phi) is 5.56. The van der Waals surface area contributed by atoms with Crippen LogP contribution in [0.5, 0.6) is 0 Å². The summed E-state index contributed by atoms with van der Waals surface area (Å²) < 4.78 is 0. The molecule has 0 saturated carbocycles. The fraction of sp³-hybridized carbons (Fsp3) is 0.318. The Morgan fingerprint density at radius 2 is 1.96 bits per heavy atom. The minimum Gasteiger partial charge on any atom is -0.336 e. The predicted molar refractivity (Wildman–Crippen MR) is 104 cm³/mol. The maximum absolute atomic E-state index is 13.1. The number of carbonyl (C=O) groups is 2. The van der Waals surface area contributed by atoms with E-state index in [2.05, 4.69) is 6.07 Å². The fourth-order valence-corrected chi connectivity index (χ4v) is 3.40. The van der Waals surface area contributed by atoms with E-state index in [0.29, 0.717) is 24.3 Å². The van der Waals surface area contributed by atoms with Gasteiger partial charge in [-0.05, 0) is 37.6 Å². The number of benzene rings is 2. The van der Waals surface area contributed by atoms with Crippen molar-refractivity contribution < 1.29 is 9.59 Å². The Bertz CT molecular complexity index is 871. The van der Waals surface area contributed by atoms with Gasteiger partial charge in [-0.25, -0.2) is 0 Å². The van der Waals surface area contributed by atoms with E-state index in [9.17, 15) is 9.59 Å². The summed E-state index contributed by atoms with van der Waals surface area (Å²) in [4.78, 5) is 29.1. The van der Waals surface area contributed by atoms with Gasteiger partial charge in [0.25, 0.3) is 0 Å². The molecule has 2 amide bonds. The Labute approximate surface area is 159 Å². The largest absolute Gasteiger partial charge is 0.336 e. The van der Waals surface area contributed by atoms with Crippen molar-refractivity contribution in [1.82, 2.24) is 4.90 Å². The Morgan fingerprint density at radius 1 is 1.22 bits per heavy atom. The van der Waals surface area contributed by atoms with Crippen molar-refractivity contribution >= 4 is 17.5 Å². The van der Waals surface area contributed by atoms with Crippen LogP contribution in [0, 0.1) is 17.2 Å². The quantitative estimate of drug-likeness (QED) is 0.820. The summed E-state index contributed by atoms with van der Waals surface area (Å²) in [6, 6.07) is 19.0. The molecule has 2 aromatic carbocycles. The lowest BCUT2D eigenvalue weighted by Crippen LogP contribution is -2.41. The van der Waals surface area contributed by atoms with E-state index in [0.717, 1.165) is 5.56 Å². The molecule has 5 heteroatoms. The lowest BCUT2D eigenvalue weighted by Gasteiger charge is -2.29. The Morgan fingerprint density at radius 3 is 2.63 bits per heavy atom. The van der Waals surface area contributed by atoms with Gasteiger partial charge >= 0.3 is 0 Å². The lowest BCUT2D eigenvalue weighted by atomic mass is 10.1. The number of rotatable bonds is 5. The van der Waals surface area contributed by atoms with Crippen molar-refractivity contribution in [3.8, 4) is 6.07 Å². The summed E-state index contributed by atoms with van der Waals surface area (Å²) in [5.74, 6) is -0.442. The monoisotopic (exact) mass is 361 g/mol. The highest BCUT2D eigenvalue weighted by Crippen LogP contribution is 2.28. The second-order valence-corrected chi connectivity index (χ2v) is 7.11. The van der Waals surface area contributed by atoms with Crippen LogP contribution in [-0.2, 0) is 16.1 Å². The van der Waals surface area contributed by atoms with Crippen LogP contribution >= 0.6 is 0 Å². The molecule has 1 aliphatic heterocycles. The van der Waals surface area contributed by atoms with Gasteiger partial charge in [0, 0.05) is 31.2 Å². The third-order valence-corrected chi connectivity index (χ3v) is 4.86. The van der Waals surface area contributed by atoms with Gasteiger partial charge in [-0.15, -0.1) is 0 Å². The van der Waals surface area contributed by atoms with Gasteiger partial charge in [0.15, 0.2) is 0 Å². The number of hydrogen-bond donors (Lipinski definition) is 0. The number of anilines is 1. The van der Waals surface area contributed by atoms with E-state index >= 15 is 0 Å². The van der Waals surface area contributed by atoms with Crippen LogP contribution in [0.25, 0.3) is 0 Å². The van der Waals surface area contributed by atoms with Crippen molar-refractivity contribution in [2.75, 3.05) is 11.4 Å². The number of carbonyl (C=O) groups excluding carboxylic acids is 2. The molecule has 0 aliphatic carbocycles. The number of nitriles is 1. The molecule has 1 aliphatic rings. The topological polar surface area (TPSA) is 64.4 Å². The SMILES string of the molecule is CC(C)N(Cc1ccccc1)C(=O)C1CC(=O)N(c2cccc(C#N)c2)C1. The van der Waals surface area contributed by atoms with Crippen LogP contribution in [0.2, 0.25) is 0 Å². The molecule has 0 aromatic heterocycles. The lowest BCUT2D eigenvalue weighted by molar-refractivity contribution is -0.138. The number of nitrogens with zero attached hydrogens (tertiary/aromatic N) is 3. The highest BCUT2D eigenvalue weighted by Gasteiger charge is 2.37. The molecule has 1 unspecified atom stereocenters. The minimum absolute atomic E-state index is 0.00106. The Hall–Kier alpha value is -3.13. The van der Waals surface area contributed by atoms with Crippen molar-refractivity contribution in [3.63, 3.8) is 0 Å². The van der Waals surface area contributed by atoms with Crippen LogP contribution in [0.3, 0.4) is 0 Å². The highest BCUT2D eigenvalue weighted by atomic mass is 16.2. The van der Waals surface area contributed by atoms with Gasteiger partial charge in [-0.1, -0.05) is 36.4 Å². The first-order chi connectivity index (χ1) is 13.0. The predicted octanol–water partition coefficient (Wildman–Crippen LogP) is 3.35. The molecule has 5 nitrogen and oxygen atoms in total. The molecule has 0 radical (unpaired) electrons. The Balaban J connectivity index is 1.76. The summed E-state index contributed by atoms with van der Waals surface area (Å²) in [6.07, 6.45) is 0.202. The van der Waals surface area contributed by atoms with E-state index in [4.69, 9.17) is 5.26 Å². The van der Waals surface area contributed by atoms with Crippen molar-refractivity contribution in [3.05, 3.63) is 65.7 Å². The standard InChI is InChI=1S/C22H23N3O2/c1-16(2)24(14-17-7-4-3-5-8-17)22(27)19-12-21(26)25(15-19)20-10-6-9-18(11-20)13-23/h3-11,16,19H,12,14-15H2,1-2H3. The molecular weight excluding hydrogens is 338 g/mol. The molecule has 1 saturated heterocycles. The first-order valence-corrected chi connectivity index (χ1v) is 9.14. The van der Waals surface area contributed by atoms with Gasteiger partial charge in [0.2, 0.25) is 11.8 Å². The first kappa shape index (κ1) is 18.7. The summed E-state index contributed by atoms with van der Waals surface area (Å²) in [5, 5.41) is 9.07. The molecule has 1 atom stereocenters. The van der Waals surface area contributed by atoms with Crippen LogP contribution in [-0.4, -0.2) is 29.3 Å². The summed E-state index contributed by atoms with van der Waals surface area (Å²) in [5.41, 5.74) is 2.25. The van der Waals surface area contributed by atoms with E-state index in [1.165, 1.54) is 0 Å². The molecule has 27 heavy (non-hydrogen) atoms. The number of amides is 2. The van der Waals surface area contributed by atoms with Crippen molar-refractivity contribution in [2.45, 2.75) is 32.9 Å². The third-order valence-electron chi connectivity index (χ3n) is 4.86. The van der Waals surface area contributed by atoms with Crippen LogP contribution in [0.1, 0.15) is 31.4 Å². The van der Waals surface area contributed by atoms with Crippen LogP contribution < -0.4 is 4.90 Å². The van der Waals surface area contributed by atoms with Crippen molar-refractivity contribution in [1.29, 1.82) is 5.26 Å². The van der Waals surface area contributed by atoms with Crippen molar-refractivity contribution in [2.24, 2.45) is 5.92 Å². The molecule has 138 valence electrons. The molecule has 2 aromatic rings. The zero-order valence-electron chi connectivity index (χ0n) is 15.6. The van der Waals surface area contributed by atoms with Crippen LogP contribution in [0.4, 0.5) is 5.69 Å². The normalized spacial score (nSPS) is 16.4. The average Bonchev–Trinajstić information content (AvgIpc) is 3.08. The minimum atomic E-state index is -0.366. The number of hydrogen-bond acceptors (Lipinski definition) is 3. The molecule has 0 N–H and O–H groups in total. The van der Waals surface area contributed by atoms with Gasteiger partial charge < -0.3 is 9.80 Å². The van der Waals surface area contributed by atoms with E-state index in [1.807, 2.05) is 49.1 Å². The molecule has 1 fully saturated rings. The van der Waals surface area contributed by atoms with E-state index in [1.54, 1.807) is 29.2 Å².